The SMILES string of the molecule is O=C(Cc1nccs1)C1CCCN1c1nc2c(c(Nc3cc(C4CCCC4)[nH]n3)n1)C(F)(F)CC2. The van der Waals surface area contributed by atoms with Crippen molar-refractivity contribution in [2.75, 3.05) is 16.8 Å². The summed E-state index contributed by atoms with van der Waals surface area (Å²) in [7, 11) is 0. The van der Waals surface area contributed by atoms with E-state index in [9.17, 15) is 13.6 Å². The lowest BCUT2D eigenvalue weighted by molar-refractivity contribution is -0.119. The Morgan fingerprint density at radius 1 is 1.23 bits per heavy atom. The Labute approximate surface area is 205 Å². The highest BCUT2D eigenvalue weighted by molar-refractivity contribution is 7.09. The monoisotopic (exact) mass is 499 g/mol. The Morgan fingerprint density at radius 3 is 2.89 bits per heavy atom. The number of hydrogen-bond acceptors (Lipinski definition) is 8. The van der Waals surface area contributed by atoms with Crippen molar-refractivity contribution in [3.05, 3.63) is 39.6 Å². The summed E-state index contributed by atoms with van der Waals surface area (Å²) in [4.78, 5) is 28.2. The van der Waals surface area contributed by atoms with E-state index in [0.717, 1.165) is 30.0 Å². The fourth-order valence-electron chi connectivity index (χ4n) is 5.59. The van der Waals surface area contributed by atoms with Gasteiger partial charge in [0.25, 0.3) is 5.92 Å². The van der Waals surface area contributed by atoms with Crippen LogP contribution in [0.15, 0.2) is 17.6 Å². The van der Waals surface area contributed by atoms with Crippen LogP contribution in [0.4, 0.5) is 26.4 Å². The number of H-pyrrole nitrogens is 1. The van der Waals surface area contributed by atoms with Crippen LogP contribution in [0.3, 0.4) is 0 Å². The average molecular weight is 500 g/mol. The predicted octanol–water partition coefficient (Wildman–Crippen LogP) is 4.88. The standard InChI is InChI=1S/C24H27F2N7OS/c25-24(26)8-7-15-21(24)22(29-19-12-16(31-32-19)14-4-1-2-5-14)30-23(28-15)33-10-3-6-17(33)18(34)13-20-27-9-11-35-20/h9,11-12,14,17H,1-8,10,13H2,(H2,28,29,30,31,32). The van der Waals surface area contributed by atoms with Crippen LogP contribution in [0.2, 0.25) is 0 Å². The molecular formula is C24H27F2N7OS. The van der Waals surface area contributed by atoms with Gasteiger partial charge in [0.1, 0.15) is 5.82 Å². The summed E-state index contributed by atoms with van der Waals surface area (Å²) in [6.45, 7) is 0.608. The van der Waals surface area contributed by atoms with E-state index < -0.39 is 5.92 Å². The molecule has 3 aliphatic rings. The number of thiazole rings is 1. The van der Waals surface area contributed by atoms with Gasteiger partial charge in [0.15, 0.2) is 11.6 Å². The maximum atomic E-state index is 14.9. The first kappa shape index (κ1) is 22.5. The van der Waals surface area contributed by atoms with Crippen LogP contribution in [-0.4, -0.2) is 43.5 Å². The molecule has 8 nitrogen and oxygen atoms in total. The van der Waals surface area contributed by atoms with E-state index in [2.05, 4.69) is 30.5 Å². The van der Waals surface area contributed by atoms with Crippen molar-refractivity contribution in [2.45, 2.75) is 75.7 Å². The molecule has 2 aliphatic carbocycles. The number of nitrogens with zero attached hydrogens (tertiary/aromatic N) is 5. The molecule has 1 saturated heterocycles. The zero-order chi connectivity index (χ0) is 24.0. The molecule has 11 heteroatoms. The van der Waals surface area contributed by atoms with Gasteiger partial charge in [-0.05, 0) is 32.1 Å². The van der Waals surface area contributed by atoms with Crippen molar-refractivity contribution in [3.8, 4) is 0 Å². The summed E-state index contributed by atoms with van der Waals surface area (Å²) in [5.41, 5.74) is 1.21. The zero-order valence-corrected chi connectivity index (χ0v) is 20.1. The molecule has 1 aliphatic heterocycles. The molecule has 184 valence electrons. The van der Waals surface area contributed by atoms with E-state index in [-0.39, 0.29) is 42.5 Å². The average Bonchev–Trinajstić information content (AvgIpc) is 3.63. The number of halogens is 2. The third kappa shape index (κ3) is 4.30. The zero-order valence-electron chi connectivity index (χ0n) is 19.3. The van der Waals surface area contributed by atoms with Crippen LogP contribution in [0.1, 0.15) is 72.8 Å². The van der Waals surface area contributed by atoms with Gasteiger partial charge in [-0.3, -0.25) is 9.89 Å². The third-order valence-electron chi connectivity index (χ3n) is 7.34. The number of nitrogens with one attached hydrogen (secondary N) is 2. The molecule has 1 atom stereocenters. The summed E-state index contributed by atoms with van der Waals surface area (Å²) in [5.74, 6) is -1.65. The van der Waals surface area contributed by atoms with Crippen LogP contribution in [0.25, 0.3) is 0 Å². The minimum atomic E-state index is -3.01. The molecule has 0 bridgehead atoms. The minimum absolute atomic E-state index is 0.0508. The summed E-state index contributed by atoms with van der Waals surface area (Å²) < 4.78 is 29.7. The normalized spacial score (nSPS) is 21.5. The Morgan fingerprint density at radius 2 is 2.09 bits per heavy atom. The van der Waals surface area contributed by atoms with Gasteiger partial charge in [-0.25, -0.2) is 18.7 Å². The quantitative estimate of drug-likeness (QED) is 0.478. The molecule has 0 aromatic carbocycles. The van der Waals surface area contributed by atoms with E-state index >= 15 is 0 Å². The second kappa shape index (κ2) is 8.92. The number of alkyl halides is 2. The third-order valence-corrected chi connectivity index (χ3v) is 8.12. The summed E-state index contributed by atoms with van der Waals surface area (Å²) in [5, 5.41) is 13.1. The number of fused-ring (bicyclic) bond motifs is 1. The van der Waals surface area contributed by atoms with E-state index in [1.54, 1.807) is 6.20 Å². The lowest BCUT2D eigenvalue weighted by atomic mass is 10.0. The minimum Gasteiger partial charge on any atom is -0.331 e. The molecule has 0 spiro atoms. The number of carbonyl (C=O) groups is 1. The van der Waals surface area contributed by atoms with Gasteiger partial charge in [0.05, 0.1) is 28.7 Å². The molecular weight excluding hydrogens is 472 g/mol. The summed E-state index contributed by atoms with van der Waals surface area (Å²) >= 11 is 1.45. The molecule has 6 rings (SSSR count). The van der Waals surface area contributed by atoms with Gasteiger partial charge >= 0.3 is 0 Å². The van der Waals surface area contributed by atoms with E-state index in [1.165, 1.54) is 24.2 Å². The Bertz CT molecular complexity index is 1220. The molecule has 3 aromatic rings. The van der Waals surface area contributed by atoms with Crippen LogP contribution in [0, 0.1) is 0 Å². The highest BCUT2D eigenvalue weighted by Crippen LogP contribution is 2.46. The van der Waals surface area contributed by atoms with Crippen molar-refractivity contribution in [2.24, 2.45) is 0 Å². The Kier molecular flexibility index (Phi) is 5.74. The fourth-order valence-corrected chi connectivity index (χ4v) is 6.22. The molecule has 1 saturated carbocycles. The molecule has 2 fully saturated rings. The number of aryl methyl sites for hydroxylation is 1. The van der Waals surface area contributed by atoms with Gasteiger partial charge < -0.3 is 10.2 Å². The number of aromatic amines is 1. The molecule has 1 unspecified atom stereocenters. The molecule has 4 heterocycles. The summed E-state index contributed by atoms with van der Waals surface area (Å²) in [6, 6.07) is 1.51. The van der Waals surface area contributed by atoms with Crippen LogP contribution >= 0.6 is 11.3 Å². The van der Waals surface area contributed by atoms with Gasteiger partial charge in [-0.15, -0.1) is 11.3 Å². The number of carbonyl (C=O) groups excluding carboxylic acids is 1. The van der Waals surface area contributed by atoms with E-state index in [1.807, 2.05) is 16.3 Å². The number of anilines is 3. The second-order valence-electron chi connectivity index (χ2n) is 9.63. The molecule has 0 radical (unpaired) electrons. The van der Waals surface area contributed by atoms with Gasteiger partial charge in [-0.1, -0.05) is 12.8 Å². The van der Waals surface area contributed by atoms with Crippen molar-refractivity contribution in [3.63, 3.8) is 0 Å². The van der Waals surface area contributed by atoms with Crippen molar-refractivity contribution in [1.82, 2.24) is 25.1 Å². The number of hydrogen-bond donors (Lipinski definition) is 2. The van der Waals surface area contributed by atoms with Crippen molar-refractivity contribution >= 4 is 34.7 Å². The van der Waals surface area contributed by atoms with Crippen LogP contribution in [0.5, 0.6) is 0 Å². The van der Waals surface area contributed by atoms with Crippen LogP contribution < -0.4 is 10.2 Å². The van der Waals surface area contributed by atoms with Gasteiger partial charge in [0, 0.05) is 42.2 Å². The highest BCUT2D eigenvalue weighted by Gasteiger charge is 2.45. The first-order valence-electron chi connectivity index (χ1n) is 12.3. The van der Waals surface area contributed by atoms with Crippen LogP contribution in [-0.2, 0) is 23.6 Å². The number of aromatic nitrogens is 5. The topological polar surface area (TPSA) is 99.7 Å². The first-order chi connectivity index (χ1) is 17.0. The Balaban J connectivity index is 1.30. The fraction of sp³-hybridized carbons (Fsp3) is 0.542. The Hall–Kier alpha value is -2.95. The maximum Gasteiger partial charge on any atom is 0.278 e. The summed E-state index contributed by atoms with van der Waals surface area (Å²) in [6.07, 6.45) is 7.93. The van der Waals surface area contributed by atoms with Gasteiger partial charge in [-0.2, -0.15) is 10.1 Å². The first-order valence-corrected chi connectivity index (χ1v) is 13.2. The predicted molar refractivity (Wildman–Crippen MR) is 129 cm³/mol. The smallest absolute Gasteiger partial charge is 0.278 e. The molecule has 35 heavy (non-hydrogen) atoms. The van der Waals surface area contributed by atoms with Gasteiger partial charge in [0.2, 0.25) is 5.95 Å². The maximum absolute atomic E-state index is 14.9. The van der Waals surface area contributed by atoms with E-state index in [4.69, 9.17) is 0 Å². The second-order valence-corrected chi connectivity index (χ2v) is 10.6. The van der Waals surface area contributed by atoms with Crippen molar-refractivity contribution in [1.29, 1.82) is 0 Å². The molecule has 3 aromatic heterocycles. The number of rotatable bonds is 7. The molecule has 2 N–H and O–H groups in total. The lowest BCUT2D eigenvalue weighted by Crippen LogP contribution is -2.38. The lowest BCUT2D eigenvalue weighted by Gasteiger charge is -2.25. The molecule has 0 amide bonds. The van der Waals surface area contributed by atoms with E-state index in [0.29, 0.717) is 36.3 Å². The number of ketones is 1. The van der Waals surface area contributed by atoms with Crippen molar-refractivity contribution < 1.29 is 13.6 Å². The number of Topliss-reactive ketones (excluding diaryl/α,β-unsaturated/α-hetero) is 1. The highest BCUT2D eigenvalue weighted by atomic mass is 32.1. The largest absolute Gasteiger partial charge is 0.331 e.